The summed E-state index contributed by atoms with van der Waals surface area (Å²) in [6, 6.07) is 19.1. The quantitative estimate of drug-likeness (QED) is 0.228. The predicted molar refractivity (Wildman–Crippen MR) is 142 cm³/mol. The second kappa shape index (κ2) is 10.1. The molecule has 0 spiro atoms. The average molecular weight is 483 g/mol. The van der Waals surface area contributed by atoms with Gasteiger partial charge >= 0.3 is 5.97 Å². The molecule has 184 valence electrons. The van der Waals surface area contributed by atoms with Gasteiger partial charge < -0.3 is 13.9 Å². The van der Waals surface area contributed by atoms with Crippen LogP contribution in [0.15, 0.2) is 65.8 Å². The molecule has 2 aromatic carbocycles. The van der Waals surface area contributed by atoms with Crippen LogP contribution >= 0.6 is 0 Å². The van der Waals surface area contributed by atoms with E-state index in [0.29, 0.717) is 11.1 Å². The number of hydrogen-bond acceptors (Lipinski definition) is 4. The van der Waals surface area contributed by atoms with Gasteiger partial charge in [-0.15, -0.1) is 0 Å². The number of rotatable bonds is 6. The lowest BCUT2D eigenvalue weighted by molar-refractivity contribution is 0.0600. The molecule has 4 aromatic rings. The zero-order chi connectivity index (χ0) is 26.0. The van der Waals surface area contributed by atoms with Gasteiger partial charge in [-0.05, 0) is 101 Å². The van der Waals surface area contributed by atoms with Crippen LogP contribution < -0.4 is 5.43 Å². The number of amides is 1. The predicted octanol–water partition coefficient (Wildman–Crippen LogP) is 5.36. The van der Waals surface area contributed by atoms with Crippen molar-refractivity contribution in [3.63, 3.8) is 0 Å². The van der Waals surface area contributed by atoms with Crippen molar-refractivity contribution < 1.29 is 14.3 Å². The van der Waals surface area contributed by atoms with Gasteiger partial charge in [-0.1, -0.05) is 0 Å². The zero-order valence-electron chi connectivity index (χ0n) is 21.4. The van der Waals surface area contributed by atoms with E-state index in [0.717, 1.165) is 45.3 Å². The van der Waals surface area contributed by atoms with Crippen LogP contribution in [0.25, 0.3) is 11.4 Å². The van der Waals surface area contributed by atoms with Gasteiger partial charge in [0.15, 0.2) is 0 Å². The lowest BCUT2D eigenvalue weighted by atomic mass is 10.1. The van der Waals surface area contributed by atoms with Gasteiger partial charge in [0.2, 0.25) is 0 Å². The molecule has 4 rings (SSSR count). The Hall–Kier alpha value is -4.39. The fraction of sp³-hybridized carbons (Fsp3) is 0.207. The summed E-state index contributed by atoms with van der Waals surface area (Å²) in [5.74, 6) is -0.638. The van der Waals surface area contributed by atoms with Gasteiger partial charge in [-0.2, -0.15) is 5.10 Å². The molecule has 36 heavy (non-hydrogen) atoms. The van der Waals surface area contributed by atoms with Gasteiger partial charge in [0, 0.05) is 45.3 Å². The van der Waals surface area contributed by atoms with E-state index < -0.39 is 0 Å². The molecule has 0 fully saturated rings. The minimum Gasteiger partial charge on any atom is -0.465 e. The summed E-state index contributed by atoms with van der Waals surface area (Å²) in [4.78, 5) is 24.5. The molecule has 0 aliphatic carbocycles. The van der Waals surface area contributed by atoms with E-state index in [1.54, 1.807) is 24.4 Å². The van der Waals surface area contributed by atoms with Crippen LogP contribution in [-0.2, 0) is 4.74 Å². The summed E-state index contributed by atoms with van der Waals surface area (Å²) in [5.41, 5.74) is 11.7. The normalized spacial score (nSPS) is 11.2. The maximum atomic E-state index is 12.6. The Balaban J connectivity index is 1.49. The Kier molecular flexibility index (Phi) is 6.92. The summed E-state index contributed by atoms with van der Waals surface area (Å²) >= 11 is 0. The number of esters is 1. The highest BCUT2D eigenvalue weighted by molar-refractivity contribution is 5.95. The summed E-state index contributed by atoms with van der Waals surface area (Å²) in [7, 11) is 1.37. The van der Waals surface area contributed by atoms with E-state index in [9.17, 15) is 9.59 Å². The summed E-state index contributed by atoms with van der Waals surface area (Å²) in [6.07, 6.45) is 1.65. The maximum absolute atomic E-state index is 12.6. The van der Waals surface area contributed by atoms with E-state index in [4.69, 9.17) is 4.74 Å². The number of methoxy groups -OCH3 is 1. The third-order valence-corrected chi connectivity index (χ3v) is 6.36. The van der Waals surface area contributed by atoms with Crippen molar-refractivity contribution in [2.45, 2.75) is 34.6 Å². The molecule has 0 bridgehead atoms. The number of ether oxygens (including phenoxy) is 1. The first-order valence-electron chi connectivity index (χ1n) is 11.7. The van der Waals surface area contributed by atoms with Gasteiger partial charge in [-0.3, -0.25) is 4.79 Å². The lowest BCUT2D eigenvalue weighted by Crippen LogP contribution is -2.17. The summed E-state index contributed by atoms with van der Waals surface area (Å²) in [5, 5.41) is 4.19. The van der Waals surface area contributed by atoms with E-state index in [-0.39, 0.29) is 11.9 Å². The highest BCUT2D eigenvalue weighted by Crippen LogP contribution is 2.24. The minimum absolute atomic E-state index is 0.276. The number of benzene rings is 2. The Bertz CT molecular complexity index is 1450. The fourth-order valence-electron chi connectivity index (χ4n) is 4.50. The molecular weight excluding hydrogens is 452 g/mol. The van der Waals surface area contributed by atoms with Crippen LogP contribution in [0.5, 0.6) is 0 Å². The molecule has 0 aliphatic rings. The standard InChI is InChI=1S/C29H30N4O3/c1-18-15-24(29(35)36-6)11-14-27(18)33-21(4)16-25(22(33)5)17-30-31-28(34)23-9-12-26(13-10-23)32-19(2)7-8-20(32)3/h7-17H,1-6H3,(H,31,34)/b30-17-. The van der Waals surface area contributed by atoms with Crippen molar-refractivity contribution in [2.75, 3.05) is 7.11 Å². The van der Waals surface area contributed by atoms with Gasteiger partial charge in [-0.25, -0.2) is 10.2 Å². The van der Waals surface area contributed by atoms with Gasteiger partial charge in [0.1, 0.15) is 0 Å². The molecule has 1 N–H and O–H groups in total. The fourth-order valence-corrected chi connectivity index (χ4v) is 4.50. The Morgan fingerprint density at radius 1 is 0.806 bits per heavy atom. The number of aromatic nitrogens is 2. The molecule has 0 unspecified atom stereocenters. The van der Waals surface area contributed by atoms with Crippen LogP contribution in [0.2, 0.25) is 0 Å². The van der Waals surface area contributed by atoms with Gasteiger partial charge in [0.25, 0.3) is 5.91 Å². The third kappa shape index (κ3) is 4.73. The number of hydrazone groups is 1. The van der Waals surface area contributed by atoms with E-state index in [2.05, 4.69) is 45.6 Å². The number of aryl methyl sites for hydroxylation is 4. The third-order valence-electron chi connectivity index (χ3n) is 6.36. The number of carbonyl (C=O) groups excluding carboxylic acids is 2. The zero-order valence-corrected chi connectivity index (χ0v) is 21.4. The molecule has 0 atom stereocenters. The molecule has 2 aromatic heterocycles. The molecule has 2 heterocycles. The van der Waals surface area contributed by atoms with Crippen molar-refractivity contribution in [3.05, 3.63) is 106 Å². The Morgan fingerprint density at radius 2 is 1.44 bits per heavy atom. The molecule has 0 radical (unpaired) electrons. The Labute approximate surface area is 211 Å². The first-order valence-corrected chi connectivity index (χ1v) is 11.7. The summed E-state index contributed by atoms with van der Waals surface area (Å²) < 4.78 is 9.06. The summed E-state index contributed by atoms with van der Waals surface area (Å²) in [6.45, 7) is 10.1. The van der Waals surface area contributed by atoms with Crippen LogP contribution in [0.1, 0.15) is 54.6 Å². The molecule has 0 aliphatic heterocycles. The monoisotopic (exact) mass is 482 g/mol. The number of nitrogens with one attached hydrogen (secondary N) is 1. The lowest BCUT2D eigenvalue weighted by Gasteiger charge is -2.13. The molecule has 0 saturated heterocycles. The van der Waals surface area contributed by atoms with E-state index in [1.807, 2.05) is 51.1 Å². The Morgan fingerprint density at radius 3 is 2.06 bits per heavy atom. The molecule has 0 saturated carbocycles. The first kappa shape index (κ1) is 24.7. The number of nitrogens with zero attached hydrogens (tertiary/aromatic N) is 3. The number of carbonyl (C=O) groups is 2. The molecular formula is C29H30N4O3. The second-order valence-corrected chi connectivity index (χ2v) is 8.85. The van der Waals surface area contributed by atoms with Crippen LogP contribution in [0.3, 0.4) is 0 Å². The van der Waals surface area contributed by atoms with Crippen LogP contribution in [-0.4, -0.2) is 34.3 Å². The van der Waals surface area contributed by atoms with Crippen molar-refractivity contribution in [1.82, 2.24) is 14.6 Å². The minimum atomic E-state index is -0.362. The molecule has 7 heteroatoms. The van der Waals surface area contributed by atoms with E-state index >= 15 is 0 Å². The van der Waals surface area contributed by atoms with Crippen molar-refractivity contribution in [1.29, 1.82) is 0 Å². The molecule has 1 amide bonds. The highest BCUT2D eigenvalue weighted by atomic mass is 16.5. The van der Waals surface area contributed by atoms with Crippen molar-refractivity contribution in [2.24, 2.45) is 5.10 Å². The largest absolute Gasteiger partial charge is 0.465 e. The SMILES string of the molecule is COC(=O)c1ccc(-n2c(C)cc(/C=N\NC(=O)c3ccc(-n4c(C)ccc4C)cc3)c2C)c(C)c1. The van der Waals surface area contributed by atoms with Gasteiger partial charge in [0.05, 0.1) is 18.9 Å². The second-order valence-electron chi connectivity index (χ2n) is 8.85. The first-order chi connectivity index (χ1) is 17.2. The number of hydrogen-bond donors (Lipinski definition) is 1. The van der Waals surface area contributed by atoms with Crippen molar-refractivity contribution in [3.8, 4) is 11.4 Å². The topological polar surface area (TPSA) is 77.6 Å². The smallest absolute Gasteiger partial charge is 0.337 e. The maximum Gasteiger partial charge on any atom is 0.337 e. The average Bonchev–Trinajstić information content (AvgIpc) is 3.35. The van der Waals surface area contributed by atoms with Crippen molar-refractivity contribution >= 4 is 18.1 Å². The highest BCUT2D eigenvalue weighted by Gasteiger charge is 2.14. The van der Waals surface area contributed by atoms with E-state index in [1.165, 1.54) is 7.11 Å². The van der Waals surface area contributed by atoms with Crippen LogP contribution in [0, 0.1) is 34.6 Å². The van der Waals surface area contributed by atoms with Crippen LogP contribution in [0.4, 0.5) is 0 Å². The molecule has 7 nitrogen and oxygen atoms in total.